The monoisotopic (exact) mass is 212 g/mol. The first-order valence-electron chi connectivity index (χ1n) is 5.18. The number of methoxy groups -OCH3 is 1. The van der Waals surface area contributed by atoms with Crippen molar-refractivity contribution < 1.29 is 9.15 Å². The molecule has 0 spiro atoms. The molecule has 0 amide bonds. The van der Waals surface area contributed by atoms with E-state index in [-0.39, 0.29) is 0 Å². The number of nitrogens with zero attached hydrogens (tertiary/aromatic N) is 1. The van der Waals surface area contributed by atoms with E-state index in [0.29, 0.717) is 12.6 Å². The van der Waals surface area contributed by atoms with Crippen molar-refractivity contribution in [3.05, 3.63) is 17.8 Å². The molecule has 4 heteroatoms. The number of oxazole rings is 1. The Kier molecular flexibility index (Phi) is 3.88. The highest BCUT2D eigenvalue weighted by molar-refractivity contribution is 5.14. The van der Waals surface area contributed by atoms with Gasteiger partial charge in [-0.05, 0) is 13.8 Å². The van der Waals surface area contributed by atoms with Gasteiger partial charge in [0.05, 0.1) is 5.69 Å². The van der Waals surface area contributed by atoms with E-state index in [1.807, 2.05) is 13.8 Å². The zero-order valence-electron chi connectivity index (χ0n) is 10.1. The summed E-state index contributed by atoms with van der Waals surface area (Å²) in [4.78, 5) is 4.19. The molecule has 0 aliphatic carbocycles. The molecule has 15 heavy (non-hydrogen) atoms. The normalized spacial score (nSPS) is 12.4. The highest BCUT2D eigenvalue weighted by atomic mass is 16.5. The van der Waals surface area contributed by atoms with Gasteiger partial charge in [-0.2, -0.15) is 0 Å². The molecular weight excluding hydrogens is 192 g/mol. The standard InChI is InChI=1S/C11H20N2O2/c1-8(2)12-6-9-10(15-7-13-9)11(3,4)14-5/h7-8,12H,6H2,1-5H3. The van der Waals surface area contributed by atoms with Gasteiger partial charge in [-0.1, -0.05) is 13.8 Å². The molecule has 86 valence electrons. The summed E-state index contributed by atoms with van der Waals surface area (Å²) in [6.45, 7) is 8.83. The number of rotatable bonds is 5. The van der Waals surface area contributed by atoms with Gasteiger partial charge in [-0.3, -0.25) is 0 Å². The van der Waals surface area contributed by atoms with E-state index in [1.165, 1.54) is 6.39 Å². The summed E-state index contributed by atoms with van der Waals surface area (Å²) in [5.41, 5.74) is 0.486. The summed E-state index contributed by atoms with van der Waals surface area (Å²) in [5, 5.41) is 3.31. The summed E-state index contributed by atoms with van der Waals surface area (Å²) in [6.07, 6.45) is 1.47. The molecule has 0 saturated carbocycles. The minimum atomic E-state index is -0.426. The van der Waals surface area contributed by atoms with E-state index in [2.05, 4.69) is 24.1 Å². The van der Waals surface area contributed by atoms with Gasteiger partial charge >= 0.3 is 0 Å². The molecule has 0 aliphatic rings. The Morgan fingerprint density at radius 1 is 1.53 bits per heavy atom. The van der Waals surface area contributed by atoms with Crippen molar-refractivity contribution >= 4 is 0 Å². The van der Waals surface area contributed by atoms with Gasteiger partial charge in [-0.15, -0.1) is 0 Å². The summed E-state index contributed by atoms with van der Waals surface area (Å²) in [5.74, 6) is 0.790. The number of hydrogen-bond donors (Lipinski definition) is 1. The van der Waals surface area contributed by atoms with Crippen LogP contribution in [-0.2, 0) is 16.9 Å². The summed E-state index contributed by atoms with van der Waals surface area (Å²) >= 11 is 0. The van der Waals surface area contributed by atoms with E-state index in [0.717, 1.165) is 11.5 Å². The van der Waals surface area contributed by atoms with E-state index in [9.17, 15) is 0 Å². The van der Waals surface area contributed by atoms with Crippen LogP contribution in [-0.4, -0.2) is 18.1 Å². The van der Waals surface area contributed by atoms with Crippen molar-refractivity contribution in [2.45, 2.75) is 45.9 Å². The van der Waals surface area contributed by atoms with Crippen LogP contribution in [0.15, 0.2) is 10.8 Å². The highest BCUT2D eigenvalue weighted by Gasteiger charge is 2.27. The fourth-order valence-electron chi connectivity index (χ4n) is 1.28. The Hall–Kier alpha value is -0.870. The molecule has 0 atom stereocenters. The minimum absolute atomic E-state index is 0.426. The second kappa shape index (κ2) is 4.77. The van der Waals surface area contributed by atoms with Gasteiger partial charge in [0.1, 0.15) is 5.60 Å². The van der Waals surface area contributed by atoms with Gasteiger partial charge in [0.15, 0.2) is 12.2 Å². The Labute approximate surface area is 91.0 Å². The van der Waals surface area contributed by atoms with Crippen LogP contribution in [0, 0.1) is 0 Å². The molecule has 0 saturated heterocycles. The molecule has 0 aliphatic heterocycles. The Bertz CT molecular complexity index is 305. The van der Waals surface area contributed by atoms with Crippen LogP contribution in [0.4, 0.5) is 0 Å². The maximum atomic E-state index is 5.38. The van der Waals surface area contributed by atoms with Gasteiger partial charge in [0, 0.05) is 19.7 Å². The third-order valence-corrected chi connectivity index (χ3v) is 2.38. The van der Waals surface area contributed by atoms with Gasteiger partial charge < -0.3 is 14.5 Å². The van der Waals surface area contributed by atoms with Crippen LogP contribution >= 0.6 is 0 Å². The van der Waals surface area contributed by atoms with E-state index < -0.39 is 5.60 Å². The number of nitrogens with one attached hydrogen (secondary N) is 1. The minimum Gasteiger partial charge on any atom is -0.445 e. The molecule has 4 nitrogen and oxygen atoms in total. The summed E-state index contributed by atoms with van der Waals surface area (Å²) in [7, 11) is 1.67. The first kappa shape index (κ1) is 12.2. The third-order valence-electron chi connectivity index (χ3n) is 2.38. The van der Waals surface area contributed by atoms with Crippen molar-refractivity contribution in [2.24, 2.45) is 0 Å². The molecular formula is C11H20N2O2. The van der Waals surface area contributed by atoms with Crippen molar-refractivity contribution in [3.8, 4) is 0 Å². The average molecular weight is 212 g/mol. The molecule has 0 unspecified atom stereocenters. The molecule has 1 heterocycles. The molecule has 0 radical (unpaired) electrons. The van der Waals surface area contributed by atoms with E-state index in [4.69, 9.17) is 9.15 Å². The van der Waals surface area contributed by atoms with E-state index >= 15 is 0 Å². The molecule has 1 rings (SSSR count). The summed E-state index contributed by atoms with van der Waals surface area (Å²) < 4.78 is 10.7. The van der Waals surface area contributed by atoms with E-state index in [1.54, 1.807) is 7.11 Å². The molecule has 0 fully saturated rings. The fraction of sp³-hybridized carbons (Fsp3) is 0.727. The predicted molar refractivity (Wildman–Crippen MR) is 58.5 cm³/mol. The Balaban J connectivity index is 2.78. The van der Waals surface area contributed by atoms with Crippen LogP contribution in [0.5, 0.6) is 0 Å². The van der Waals surface area contributed by atoms with Gasteiger partial charge in [-0.25, -0.2) is 4.98 Å². The SMILES string of the molecule is COC(C)(C)c1ocnc1CNC(C)C. The van der Waals surface area contributed by atoms with Crippen LogP contribution in [0.2, 0.25) is 0 Å². The lowest BCUT2D eigenvalue weighted by Crippen LogP contribution is -2.26. The number of aromatic nitrogens is 1. The molecule has 1 N–H and O–H groups in total. The third kappa shape index (κ3) is 3.04. The van der Waals surface area contributed by atoms with Crippen molar-refractivity contribution in [1.82, 2.24) is 10.3 Å². The quantitative estimate of drug-likeness (QED) is 0.811. The van der Waals surface area contributed by atoms with Crippen molar-refractivity contribution in [2.75, 3.05) is 7.11 Å². The average Bonchev–Trinajstić information content (AvgIpc) is 2.63. The summed E-state index contributed by atoms with van der Waals surface area (Å²) in [6, 6.07) is 0.431. The van der Waals surface area contributed by atoms with Crippen molar-refractivity contribution in [3.63, 3.8) is 0 Å². The second-order valence-electron chi connectivity index (χ2n) is 4.38. The predicted octanol–water partition coefficient (Wildman–Crippen LogP) is 2.05. The Morgan fingerprint density at radius 3 is 2.73 bits per heavy atom. The number of hydrogen-bond acceptors (Lipinski definition) is 4. The zero-order valence-corrected chi connectivity index (χ0v) is 10.1. The fourth-order valence-corrected chi connectivity index (χ4v) is 1.28. The van der Waals surface area contributed by atoms with Crippen LogP contribution in [0.1, 0.15) is 39.1 Å². The lowest BCUT2D eigenvalue weighted by Gasteiger charge is -2.21. The lowest BCUT2D eigenvalue weighted by atomic mass is 10.0. The molecule has 0 bridgehead atoms. The maximum absolute atomic E-state index is 5.38. The van der Waals surface area contributed by atoms with Crippen molar-refractivity contribution in [1.29, 1.82) is 0 Å². The molecule has 1 aromatic heterocycles. The van der Waals surface area contributed by atoms with Crippen LogP contribution in [0.3, 0.4) is 0 Å². The number of ether oxygens (including phenoxy) is 1. The van der Waals surface area contributed by atoms with Crippen LogP contribution < -0.4 is 5.32 Å². The topological polar surface area (TPSA) is 47.3 Å². The smallest absolute Gasteiger partial charge is 0.181 e. The highest BCUT2D eigenvalue weighted by Crippen LogP contribution is 2.26. The Morgan fingerprint density at radius 2 is 2.20 bits per heavy atom. The second-order valence-corrected chi connectivity index (χ2v) is 4.38. The molecule has 1 aromatic rings. The largest absolute Gasteiger partial charge is 0.445 e. The van der Waals surface area contributed by atoms with Gasteiger partial charge in [0.2, 0.25) is 0 Å². The first-order valence-corrected chi connectivity index (χ1v) is 5.18. The first-order chi connectivity index (χ1) is 6.97. The maximum Gasteiger partial charge on any atom is 0.181 e. The molecule has 0 aromatic carbocycles. The van der Waals surface area contributed by atoms with Gasteiger partial charge in [0.25, 0.3) is 0 Å². The lowest BCUT2D eigenvalue weighted by molar-refractivity contribution is -0.000121. The van der Waals surface area contributed by atoms with Crippen LogP contribution in [0.25, 0.3) is 0 Å². The zero-order chi connectivity index (χ0) is 11.5.